The molecule has 0 amide bonds. The molecule has 1 aliphatic carbocycles. The molecule has 1 aromatic rings. The Bertz CT molecular complexity index is 297. The molecule has 1 aromatic carbocycles. The largest absolute Gasteiger partial charge is 0.382 e. The Morgan fingerprint density at radius 2 is 2.00 bits per heavy atom. The SMILES string of the molecule is NCCCC1CCCC1Nc1ccccc1. The van der Waals surface area contributed by atoms with Crippen LogP contribution in [0.5, 0.6) is 0 Å². The summed E-state index contributed by atoms with van der Waals surface area (Å²) in [6.45, 7) is 0.828. The van der Waals surface area contributed by atoms with Crippen molar-refractivity contribution in [1.82, 2.24) is 0 Å². The average molecular weight is 218 g/mol. The molecule has 3 N–H and O–H groups in total. The third-order valence-electron chi connectivity index (χ3n) is 3.56. The van der Waals surface area contributed by atoms with Crippen LogP contribution in [0.2, 0.25) is 0 Å². The summed E-state index contributed by atoms with van der Waals surface area (Å²) in [5, 5.41) is 3.66. The summed E-state index contributed by atoms with van der Waals surface area (Å²) >= 11 is 0. The summed E-state index contributed by atoms with van der Waals surface area (Å²) in [5.41, 5.74) is 6.84. The van der Waals surface area contributed by atoms with E-state index in [-0.39, 0.29) is 0 Å². The molecule has 16 heavy (non-hydrogen) atoms. The number of rotatable bonds is 5. The molecule has 0 aliphatic heterocycles. The van der Waals surface area contributed by atoms with Crippen LogP contribution in [0.1, 0.15) is 32.1 Å². The van der Waals surface area contributed by atoms with Crippen molar-refractivity contribution in [2.75, 3.05) is 11.9 Å². The number of nitrogens with two attached hydrogens (primary N) is 1. The van der Waals surface area contributed by atoms with Gasteiger partial charge in [-0.1, -0.05) is 24.6 Å². The minimum atomic E-state index is 0.661. The van der Waals surface area contributed by atoms with E-state index in [2.05, 4.69) is 35.6 Å². The first-order valence-electron chi connectivity index (χ1n) is 6.42. The van der Waals surface area contributed by atoms with Crippen LogP contribution in [0.25, 0.3) is 0 Å². The second kappa shape index (κ2) is 5.90. The van der Waals surface area contributed by atoms with Gasteiger partial charge in [0.25, 0.3) is 0 Å². The Hall–Kier alpha value is -1.02. The van der Waals surface area contributed by atoms with Gasteiger partial charge < -0.3 is 11.1 Å². The highest BCUT2D eigenvalue weighted by Gasteiger charge is 2.26. The lowest BCUT2D eigenvalue weighted by Crippen LogP contribution is -2.24. The van der Waals surface area contributed by atoms with Crippen molar-refractivity contribution in [3.05, 3.63) is 30.3 Å². The van der Waals surface area contributed by atoms with Gasteiger partial charge in [-0.2, -0.15) is 0 Å². The van der Waals surface area contributed by atoms with Gasteiger partial charge in [-0.3, -0.25) is 0 Å². The number of para-hydroxylation sites is 1. The zero-order valence-electron chi connectivity index (χ0n) is 9.86. The van der Waals surface area contributed by atoms with Crippen LogP contribution < -0.4 is 11.1 Å². The molecule has 0 spiro atoms. The van der Waals surface area contributed by atoms with Gasteiger partial charge in [-0.25, -0.2) is 0 Å². The Morgan fingerprint density at radius 1 is 1.19 bits per heavy atom. The number of nitrogens with one attached hydrogen (secondary N) is 1. The highest BCUT2D eigenvalue weighted by atomic mass is 14.9. The number of benzene rings is 1. The highest BCUT2D eigenvalue weighted by molar-refractivity contribution is 5.43. The van der Waals surface area contributed by atoms with Gasteiger partial charge in [0.2, 0.25) is 0 Å². The normalized spacial score (nSPS) is 24.6. The summed E-state index contributed by atoms with van der Waals surface area (Å²) in [5.74, 6) is 0.823. The van der Waals surface area contributed by atoms with Crippen molar-refractivity contribution < 1.29 is 0 Å². The maximum atomic E-state index is 5.58. The summed E-state index contributed by atoms with van der Waals surface area (Å²) in [4.78, 5) is 0. The zero-order chi connectivity index (χ0) is 11.2. The second-order valence-corrected chi connectivity index (χ2v) is 4.74. The second-order valence-electron chi connectivity index (χ2n) is 4.74. The number of hydrogen-bond donors (Lipinski definition) is 2. The Morgan fingerprint density at radius 3 is 2.75 bits per heavy atom. The van der Waals surface area contributed by atoms with Crippen molar-refractivity contribution >= 4 is 5.69 Å². The molecule has 0 bridgehead atoms. The maximum absolute atomic E-state index is 5.58. The Kier molecular flexibility index (Phi) is 4.23. The van der Waals surface area contributed by atoms with Crippen LogP contribution in [-0.4, -0.2) is 12.6 Å². The van der Waals surface area contributed by atoms with E-state index >= 15 is 0 Å². The van der Waals surface area contributed by atoms with Gasteiger partial charge in [0.15, 0.2) is 0 Å². The first-order chi connectivity index (χ1) is 7.90. The van der Waals surface area contributed by atoms with E-state index in [1.807, 2.05) is 0 Å². The molecule has 0 heterocycles. The van der Waals surface area contributed by atoms with Crippen LogP contribution in [0.15, 0.2) is 30.3 Å². The molecule has 1 aliphatic rings. The number of anilines is 1. The topological polar surface area (TPSA) is 38.0 Å². The molecule has 2 nitrogen and oxygen atoms in total. The average Bonchev–Trinajstić information content (AvgIpc) is 2.75. The monoisotopic (exact) mass is 218 g/mol. The molecule has 1 fully saturated rings. The van der Waals surface area contributed by atoms with E-state index in [0.29, 0.717) is 6.04 Å². The summed E-state index contributed by atoms with van der Waals surface area (Å²) in [6, 6.07) is 11.2. The molecule has 0 radical (unpaired) electrons. The van der Waals surface area contributed by atoms with E-state index < -0.39 is 0 Å². The molecule has 2 heteroatoms. The number of hydrogen-bond acceptors (Lipinski definition) is 2. The van der Waals surface area contributed by atoms with Gasteiger partial charge >= 0.3 is 0 Å². The first kappa shape index (κ1) is 11.5. The highest BCUT2D eigenvalue weighted by Crippen LogP contribution is 2.31. The maximum Gasteiger partial charge on any atom is 0.0342 e. The predicted molar refractivity (Wildman–Crippen MR) is 69.5 cm³/mol. The molecule has 2 atom stereocenters. The van der Waals surface area contributed by atoms with Gasteiger partial charge in [0.1, 0.15) is 0 Å². The fraction of sp³-hybridized carbons (Fsp3) is 0.571. The van der Waals surface area contributed by atoms with Crippen molar-refractivity contribution in [2.24, 2.45) is 11.7 Å². The van der Waals surface area contributed by atoms with Crippen molar-refractivity contribution in [2.45, 2.75) is 38.1 Å². The van der Waals surface area contributed by atoms with Gasteiger partial charge in [-0.15, -0.1) is 0 Å². The molecule has 0 aromatic heterocycles. The van der Waals surface area contributed by atoms with Crippen molar-refractivity contribution in [3.63, 3.8) is 0 Å². The lowest BCUT2D eigenvalue weighted by Gasteiger charge is -2.21. The van der Waals surface area contributed by atoms with Crippen LogP contribution >= 0.6 is 0 Å². The zero-order valence-corrected chi connectivity index (χ0v) is 9.86. The molecule has 1 saturated carbocycles. The molecule has 0 saturated heterocycles. The van der Waals surface area contributed by atoms with Crippen LogP contribution in [-0.2, 0) is 0 Å². The smallest absolute Gasteiger partial charge is 0.0342 e. The lowest BCUT2D eigenvalue weighted by atomic mass is 9.97. The molecule has 2 rings (SSSR count). The molecular formula is C14H22N2. The molecule has 88 valence electrons. The quantitative estimate of drug-likeness (QED) is 0.797. The predicted octanol–water partition coefficient (Wildman–Crippen LogP) is 3.01. The van der Waals surface area contributed by atoms with E-state index in [9.17, 15) is 0 Å². The van der Waals surface area contributed by atoms with E-state index in [1.165, 1.54) is 31.4 Å². The third kappa shape index (κ3) is 2.99. The minimum absolute atomic E-state index is 0.661. The lowest BCUT2D eigenvalue weighted by molar-refractivity contribution is 0.454. The summed E-state index contributed by atoms with van der Waals surface area (Å²) in [7, 11) is 0. The Balaban J connectivity index is 1.88. The van der Waals surface area contributed by atoms with Crippen molar-refractivity contribution in [1.29, 1.82) is 0 Å². The van der Waals surface area contributed by atoms with Crippen LogP contribution in [0.4, 0.5) is 5.69 Å². The van der Waals surface area contributed by atoms with Gasteiger partial charge in [-0.05, 0) is 50.3 Å². The summed E-state index contributed by atoms with van der Waals surface area (Å²) < 4.78 is 0. The van der Waals surface area contributed by atoms with E-state index in [0.717, 1.165) is 18.9 Å². The Labute approximate surface area is 98.2 Å². The third-order valence-corrected chi connectivity index (χ3v) is 3.56. The van der Waals surface area contributed by atoms with Gasteiger partial charge in [0.05, 0.1) is 0 Å². The molecule has 2 unspecified atom stereocenters. The molecular weight excluding hydrogens is 196 g/mol. The minimum Gasteiger partial charge on any atom is -0.382 e. The fourth-order valence-electron chi connectivity index (χ4n) is 2.70. The summed E-state index contributed by atoms with van der Waals surface area (Å²) in [6.07, 6.45) is 6.48. The first-order valence-corrected chi connectivity index (χ1v) is 6.42. The van der Waals surface area contributed by atoms with Crippen LogP contribution in [0.3, 0.4) is 0 Å². The fourth-order valence-corrected chi connectivity index (χ4v) is 2.70. The standard InChI is InChI=1S/C14H22N2/c15-11-5-7-12-6-4-10-14(12)16-13-8-2-1-3-9-13/h1-3,8-9,12,14,16H,4-7,10-11,15H2. The van der Waals surface area contributed by atoms with Gasteiger partial charge in [0, 0.05) is 11.7 Å². The van der Waals surface area contributed by atoms with E-state index in [4.69, 9.17) is 5.73 Å². The van der Waals surface area contributed by atoms with Crippen molar-refractivity contribution in [3.8, 4) is 0 Å². The van der Waals surface area contributed by atoms with E-state index in [1.54, 1.807) is 0 Å². The van der Waals surface area contributed by atoms with Crippen LogP contribution in [0, 0.1) is 5.92 Å².